The molecule has 0 saturated carbocycles. The van der Waals surface area contributed by atoms with Gasteiger partial charge in [-0.05, 0) is 57.2 Å². The normalized spacial score (nSPS) is 15.9. The quantitative estimate of drug-likeness (QED) is 0.562. The maximum Gasteiger partial charge on any atom is 0.257 e. The first-order valence-electron chi connectivity index (χ1n) is 8.66. The van der Waals surface area contributed by atoms with Crippen LogP contribution in [-0.2, 0) is 4.79 Å². The van der Waals surface area contributed by atoms with Gasteiger partial charge in [0.1, 0.15) is 0 Å². The fourth-order valence-electron chi connectivity index (χ4n) is 2.77. The maximum absolute atomic E-state index is 12.1. The number of nitrogens with zero attached hydrogens (tertiary/aromatic N) is 1. The lowest BCUT2D eigenvalue weighted by molar-refractivity contribution is -0.125. The van der Waals surface area contributed by atoms with E-state index in [9.17, 15) is 9.59 Å². The number of hydrogen-bond acceptors (Lipinski definition) is 4. The Morgan fingerprint density at radius 2 is 1.76 bits per heavy atom. The number of hydrazine groups is 1. The zero-order chi connectivity index (χ0) is 18.2. The summed E-state index contributed by atoms with van der Waals surface area (Å²) in [6.07, 6.45) is 3.66. The third kappa shape index (κ3) is 6.43. The van der Waals surface area contributed by atoms with E-state index in [4.69, 9.17) is 12.2 Å². The number of benzene rings is 1. The summed E-state index contributed by atoms with van der Waals surface area (Å²) < 4.78 is 0. The van der Waals surface area contributed by atoms with Crippen LogP contribution in [0.15, 0.2) is 24.3 Å². The molecule has 1 fully saturated rings. The van der Waals surface area contributed by atoms with Crippen molar-refractivity contribution >= 4 is 29.1 Å². The van der Waals surface area contributed by atoms with Crippen molar-refractivity contribution < 1.29 is 9.59 Å². The number of thiocarbonyl (C=S) groups is 1. The van der Waals surface area contributed by atoms with Gasteiger partial charge in [-0.25, -0.2) is 0 Å². The second-order valence-corrected chi connectivity index (χ2v) is 6.93. The molecule has 25 heavy (non-hydrogen) atoms. The van der Waals surface area contributed by atoms with Crippen LogP contribution < -0.4 is 16.2 Å². The van der Waals surface area contributed by atoms with Gasteiger partial charge >= 0.3 is 0 Å². The summed E-state index contributed by atoms with van der Waals surface area (Å²) in [7, 11) is 0. The Labute approximate surface area is 154 Å². The minimum atomic E-state index is -0.312. The van der Waals surface area contributed by atoms with Gasteiger partial charge in [-0.3, -0.25) is 25.8 Å². The molecule has 3 N–H and O–H groups in total. The number of piperidine rings is 1. The van der Waals surface area contributed by atoms with Gasteiger partial charge in [0.15, 0.2) is 5.11 Å². The van der Waals surface area contributed by atoms with Crippen LogP contribution in [0.1, 0.15) is 42.1 Å². The van der Waals surface area contributed by atoms with Crippen LogP contribution in [0.4, 0.5) is 0 Å². The largest absolute Gasteiger partial charge is 0.303 e. The second kappa shape index (κ2) is 9.48. The van der Waals surface area contributed by atoms with Gasteiger partial charge in [-0.1, -0.05) is 31.0 Å². The molecule has 1 aliphatic rings. The summed E-state index contributed by atoms with van der Waals surface area (Å²) in [5.74, 6) is -0.605. The van der Waals surface area contributed by atoms with Crippen molar-refractivity contribution in [3.63, 3.8) is 0 Å². The molecule has 1 aromatic carbocycles. The second-order valence-electron chi connectivity index (χ2n) is 6.53. The Balaban J connectivity index is 1.72. The first kappa shape index (κ1) is 19.3. The summed E-state index contributed by atoms with van der Waals surface area (Å²) in [6.45, 7) is 6.68. The maximum atomic E-state index is 12.1. The molecule has 2 amide bonds. The summed E-state index contributed by atoms with van der Waals surface area (Å²) in [5, 5.41) is 2.62. The fraction of sp³-hybridized carbons (Fsp3) is 0.500. The van der Waals surface area contributed by atoms with Crippen LogP contribution in [0.2, 0.25) is 0 Å². The topological polar surface area (TPSA) is 73.5 Å². The molecule has 1 aliphatic heterocycles. The Morgan fingerprint density at radius 3 is 2.40 bits per heavy atom. The van der Waals surface area contributed by atoms with Gasteiger partial charge in [0.2, 0.25) is 5.91 Å². The molecule has 2 rings (SSSR count). The summed E-state index contributed by atoms with van der Waals surface area (Å²) >= 11 is 5.05. The highest BCUT2D eigenvalue weighted by molar-refractivity contribution is 7.80. The Morgan fingerprint density at radius 1 is 1.12 bits per heavy atom. The third-order valence-corrected chi connectivity index (χ3v) is 4.47. The van der Waals surface area contributed by atoms with E-state index in [0.717, 1.165) is 25.2 Å². The van der Waals surface area contributed by atoms with Crippen LogP contribution in [0, 0.1) is 12.8 Å². The monoisotopic (exact) mass is 362 g/mol. The number of rotatable bonds is 4. The molecule has 1 aromatic rings. The van der Waals surface area contributed by atoms with Crippen LogP contribution >= 0.6 is 12.2 Å². The molecule has 1 saturated heterocycles. The Bertz CT molecular complexity index is 612. The molecule has 1 heterocycles. The molecule has 1 atom stereocenters. The standard InChI is InChI=1S/C18H26N4O2S/c1-13-6-8-15(9-7-13)17(24)19-18(25)21-20-16(23)14(2)12-22-10-4-3-5-11-22/h6-9,14H,3-5,10-12H2,1-2H3,(H,20,23)(H2,19,21,24,25)/t14-/m0/s1. The van der Waals surface area contributed by atoms with Gasteiger partial charge in [0.05, 0.1) is 0 Å². The molecule has 7 heteroatoms. The van der Waals surface area contributed by atoms with Gasteiger partial charge in [0.25, 0.3) is 5.91 Å². The first-order valence-corrected chi connectivity index (χ1v) is 9.06. The highest BCUT2D eigenvalue weighted by Crippen LogP contribution is 2.10. The van der Waals surface area contributed by atoms with Crippen molar-refractivity contribution in [2.75, 3.05) is 19.6 Å². The van der Waals surface area contributed by atoms with Crippen LogP contribution in [0.3, 0.4) is 0 Å². The number of carbonyl (C=O) groups is 2. The molecular weight excluding hydrogens is 336 g/mol. The molecule has 6 nitrogen and oxygen atoms in total. The SMILES string of the molecule is Cc1ccc(C(=O)NC(=S)NNC(=O)[C@@H](C)CN2CCCCC2)cc1. The van der Waals surface area contributed by atoms with E-state index in [-0.39, 0.29) is 22.8 Å². The highest BCUT2D eigenvalue weighted by atomic mass is 32.1. The number of nitrogens with one attached hydrogen (secondary N) is 3. The van der Waals surface area contributed by atoms with Crippen LogP contribution in [-0.4, -0.2) is 41.5 Å². The van der Waals surface area contributed by atoms with E-state index in [2.05, 4.69) is 21.1 Å². The zero-order valence-corrected chi connectivity index (χ0v) is 15.6. The van der Waals surface area contributed by atoms with E-state index in [1.54, 1.807) is 12.1 Å². The van der Waals surface area contributed by atoms with Gasteiger partial charge in [0, 0.05) is 18.0 Å². The van der Waals surface area contributed by atoms with Gasteiger partial charge in [-0.15, -0.1) is 0 Å². The predicted molar refractivity (Wildman–Crippen MR) is 102 cm³/mol. The van der Waals surface area contributed by atoms with Crippen LogP contribution in [0.25, 0.3) is 0 Å². The average Bonchev–Trinajstić information content (AvgIpc) is 2.61. The van der Waals surface area contributed by atoms with Gasteiger partial charge < -0.3 is 4.90 Å². The number of aryl methyl sites for hydroxylation is 1. The minimum Gasteiger partial charge on any atom is -0.303 e. The number of carbonyl (C=O) groups excluding carboxylic acids is 2. The smallest absolute Gasteiger partial charge is 0.257 e. The van der Waals surface area contributed by atoms with Crippen molar-refractivity contribution in [2.24, 2.45) is 5.92 Å². The highest BCUT2D eigenvalue weighted by Gasteiger charge is 2.19. The molecule has 0 spiro atoms. The van der Waals surface area contributed by atoms with Crippen molar-refractivity contribution in [2.45, 2.75) is 33.1 Å². The zero-order valence-electron chi connectivity index (χ0n) is 14.8. The van der Waals surface area contributed by atoms with Crippen molar-refractivity contribution in [1.82, 2.24) is 21.1 Å². The van der Waals surface area contributed by atoms with E-state index < -0.39 is 0 Å². The molecule has 0 aromatic heterocycles. The molecule has 0 bridgehead atoms. The molecule has 136 valence electrons. The van der Waals surface area contributed by atoms with Gasteiger partial charge in [-0.2, -0.15) is 0 Å². The van der Waals surface area contributed by atoms with Crippen molar-refractivity contribution in [1.29, 1.82) is 0 Å². The fourth-order valence-corrected chi connectivity index (χ4v) is 2.91. The Hall–Kier alpha value is -1.99. The lowest BCUT2D eigenvalue weighted by Gasteiger charge is -2.28. The lowest BCUT2D eigenvalue weighted by Crippen LogP contribution is -2.51. The number of likely N-dealkylation sites (tertiary alicyclic amines) is 1. The van der Waals surface area contributed by atoms with E-state index in [1.165, 1.54) is 19.3 Å². The van der Waals surface area contributed by atoms with Crippen molar-refractivity contribution in [3.8, 4) is 0 Å². The average molecular weight is 362 g/mol. The molecular formula is C18H26N4O2S. The number of hydrogen-bond donors (Lipinski definition) is 3. The van der Waals surface area contributed by atoms with E-state index in [0.29, 0.717) is 5.56 Å². The lowest BCUT2D eigenvalue weighted by atomic mass is 10.1. The Kier molecular flexibility index (Phi) is 7.33. The van der Waals surface area contributed by atoms with E-state index >= 15 is 0 Å². The van der Waals surface area contributed by atoms with Crippen LogP contribution in [0.5, 0.6) is 0 Å². The predicted octanol–water partition coefficient (Wildman–Crippen LogP) is 1.75. The first-order chi connectivity index (χ1) is 12.0. The summed E-state index contributed by atoms with van der Waals surface area (Å²) in [6, 6.07) is 7.17. The molecule has 0 aliphatic carbocycles. The summed E-state index contributed by atoms with van der Waals surface area (Å²) in [4.78, 5) is 26.5. The third-order valence-electron chi connectivity index (χ3n) is 4.27. The minimum absolute atomic E-state index is 0.0732. The van der Waals surface area contributed by atoms with Crippen molar-refractivity contribution in [3.05, 3.63) is 35.4 Å². The number of amides is 2. The molecule has 0 unspecified atom stereocenters. The summed E-state index contributed by atoms with van der Waals surface area (Å²) in [5.41, 5.74) is 6.75. The van der Waals surface area contributed by atoms with E-state index in [1.807, 2.05) is 26.0 Å². The molecule has 0 radical (unpaired) electrons.